The van der Waals surface area contributed by atoms with Gasteiger partial charge in [-0.2, -0.15) is 0 Å². The van der Waals surface area contributed by atoms with E-state index in [1.807, 2.05) is 0 Å². The van der Waals surface area contributed by atoms with Crippen LogP contribution < -0.4 is 0 Å². The number of hydrogen-bond acceptors (Lipinski definition) is 0. The van der Waals surface area contributed by atoms with Crippen LogP contribution in [0.2, 0.25) is 0 Å². The van der Waals surface area contributed by atoms with E-state index in [-0.39, 0.29) is 0 Å². The molecule has 0 aromatic rings. The fourth-order valence-corrected chi connectivity index (χ4v) is 3.82. The van der Waals surface area contributed by atoms with Crippen LogP contribution in [0.15, 0.2) is 0 Å². The second kappa shape index (κ2) is 4.68. The Kier molecular flexibility index (Phi) is 3.52. The van der Waals surface area contributed by atoms with Gasteiger partial charge in [-0.3, -0.25) is 0 Å². The zero-order valence-electron chi connectivity index (χ0n) is 9.97. The Hall–Kier alpha value is 0. The van der Waals surface area contributed by atoms with Gasteiger partial charge in [-0.15, -0.1) is 0 Å². The summed E-state index contributed by atoms with van der Waals surface area (Å²) in [5, 5.41) is 0. The van der Waals surface area contributed by atoms with Crippen molar-refractivity contribution in [1.82, 2.24) is 0 Å². The highest BCUT2D eigenvalue weighted by Crippen LogP contribution is 2.41. The molecule has 2 saturated carbocycles. The molecular formula is C14H26. The highest BCUT2D eigenvalue weighted by Gasteiger charge is 2.31. The van der Waals surface area contributed by atoms with E-state index in [2.05, 4.69) is 13.8 Å². The minimum Gasteiger partial charge on any atom is -0.0620 e. The predicted octanol–water partition coefficient (Wildman–Crippen LogP) is 4.64. The van der Waals surface area contributed by atoms with Crippen molar-refractivity contribution in [3.05, 3.63) is 0 Å². The Balaban J connectivity index is 1.85. The van der Waals surface area contributed by atoms with E-state index in [1.165, 1.54) is 51.4 Å². The fourth-order valence-electron chi connectivity index (χ4n) is 3.82. The van der Waals surface area contributed by atoms with Crippen molar-refractivity contribution in [2.24, 2.45) is 23.7 Å². The normalized spacial score (nSPS) is 29.6. The minimum atomic E-state index is 1.00. The van der Waals surface area contributed by atoms with E-state index in [9.17, 15) is 0 Å². The van der Waals surface area contributed by atoms with Gasteiger partial charge in [-0.05, 0) is 23.7 Å². The highest BCUT2D eigenvalue weighted by atomic mass is 14.4. The maximum atomic E-state index is 2.53. The zero-order chi connectivity index (χ0) is 9.97. The first-order chi connectivity index (χ1) is 6.79. The van der Waals surface area contributed by atoms with E-state index >= 15 is 0 Å². The first-order valence-corrected chi connectivity index (χ1v) is 6.79. The summed E-state index contributed by atoms with van der Waals surface area (Å²) in [5.41, 5.74) is 0. The largest absolute Gasteiger partial charge is 0.0620 e. The lowest BCUT2D eigenvalue weighted by atomic mass is 9.76. The van der Waals surface area contributed by atoms with Gasteiger partial charge in [0.2, 0.25) is 0 Å². The maximum absolute atomic E-state index is 2.53. The molecular weight excluding hydrogens is 168 g/mol. The van der Waals surface area contributed by atoms with Crippen molar-refractivity contribution in [2.45, 2.75) is 65.2 Å². The van der Waals surface area contributed by atoms with Crippen molar-refractivity contribution in [3.63, 3.8) is 0 Å². The molecule has 14 heavy (non-hydrogen) atoms. The first kappa shape index (κ1) is 10.5. The summed E-state index contributed by atoms with van der Waals surface area (Å²) in [5.74, 6) is 4.15. The summed E-state index contributed by atoms with van der Waals surface area (Å²) < 4.78 is 0. The van der Waals surface area contributed by atoms with E-state index in [0.29, 0.717) is 0 Å². The Morgan fingerprint density at radius 2 is 0.929 bits per heavy atom. The lowest BCUT2D eigenvalue weighted by molar-refractivity contribution is 0.196. The first-order valence-electron chi connectivity index (χ1n) is 6.79. The van der Waals surface area contributed by atoms with Crippen LogP contribution in [0.3, 0.4) is 0 Å². The van der Waals surface area contributed by atoms with Crippen molar-refractivity contribution in [2.75, 3.05) is 0 Å². The second-order valence-corrected chi connectivity index (χ2v) is 5.81. The summed E-state index contributed by atoms with van der Waals surface area (Å²) in [7, 11) is 0. The van der Waals surface area contributed by atoms with Crippen molar-refractivity contribution >= 4 is 0 Å². The summed E-state index contributed by atoms with van der Waals surface area (Å²) in [4.78, 5) is 0. The van der Waals surface area contributed by atoms with Gasteiger partial charge in [-0.1, -0.05) is 65.2 Å². The summed E-state index contributed by atoms with van der Waals surface area (Å²) in [6.45, 7) is 5.05. The third kappa shape index (κ3) is 2.15. The zero-order valence-corrected chi connectivity index (χ0v) is 9.97. The lowest BCUT2D eigenvalue weighted by Gasteiger charge is -2.30. The maximum Gasteiger partial charge on any atom is -0.0386 e. The third-order valence-electron chi connectivity index (χ3n) is 5.12. The van der Waals surface area contributed by atoms with Crippen LogP contribution in [-0.4, -0.2) is 0 Å². The molecule has 2 atom stereocenters. The molecule has 2 aliphatic carbocycles. The van der Waals surface area contributed by atoms with Gasteiger partial charge in [0.15, 0.2) is 0 Å². The van der Waals surface area contributed by atoms with Crippen LogP contribution in [0.1, 0.15) is 65.2 Å². The van der Waals surface area contributed by atoms with Gasteiger partial charge < -0.3 is 0 Å². The van der Waals surface area contributed by atoms with Gasteiger partial charge >= 0.3 is 0 Å². The van der Waals surface area contributed by atoms with Gasteiger partial charge in [0, 0.05) is 0 Å². The predicted molar refractivity (Wildman–Crippen MR) is 62.2 cm³/mol. The average Bonchev–Trinajstić information content (AvgIpc) is 2.87. The van der Waals surface area contributed by atoms with Gasteiger partial charge in [-0.25, -0.2) is 0 Å². The molecule has 0 aromatic heterocycles. The van der Waals surface area contributed by atoms with E-state index in [4.69, 9.17) is 0 Å². The second-order valence-electron chi connectivity index (χ2n) is 5.81. The van der Waals surface area contributed by atoms with Crippen LogP contribution in [0.25, 0.3) is 0 Å². The lowest BCUT2D eigenvalue weighted by Crippen LogP contribution is -2.22. The molecule has 0 bridgehead atoms. The molecule has 0 heterocycles. The topological polar surface area (TPSA) is 0 Å². The minimum absolute atomic E-state index is 1.00. The number of rotatable bonds is 3. The van der Waals surface area contributed by atoms with Gasteiger partial charge in [0.1, 0.15) is 0 Å². The van der Waals surface area contributed by atoms with Crippen LogP contribution in [-0.2, 0) is 0 Å². The molecule has 0 aliphatic heterocycles. The van der Waals surface area contributed by atoms with E-state index in [1.54, 1.807) is 0 Å². The average molecular weight is 194 g/mol. The molecule has 2 fully saturated rings. The van der Waals surface area contributed by atoms with Crippen molar-refractivity contribution in [3.8, 4) is 0 Å². The van der Waals surface area contributed by atoms with E-state index in [0.717, 1.165) is 23.7 Å². The molecule has 0 nitrogen and oxygen atoms in total. The molecule has 2 unspecified atom stereocenters. The Labute approximate surface area is 89.5 Å². The molecule has 0 radical (unpaired) electrons. The van der Waals surface area contributed by atoms with Crippen LogP contribution in [0.4, 0.5) is 0 Å². The fraction of sp³-hybridized carbons (Fsp3) is 1.00. The molecule has 2 aliphatic rings. The van der Waals surface area contributed by atoms with Crippen LogP contribution in [0.5, 0.6) is 0 Å². The van der Waals surface area contributed by atoms with Crippen LogP contribution in [0, 0.1) is 23.7 Å². The standard InChI is InChI=1S/C14H26/c1-11(13-7-3-4-8-13)12(2)14-9-5-6-10-14/h11-14H,3-10H2,1-2H3. The summed E-state index contributed by atoms with van der Waals surface area (Å²) in [6.07, 6.45) is 12.1. The molecule has 0 aromatic carbocycles. The van der Waals surface area contributed by atoms with Crippen molar-refractivity contribution < 1.29 is 0 Å². The van der Waals surface area contributed by atoms with Crippen LogP contribution >= 0.6 is 0 Å². The molecule has 0 heteroatoms. The monoisotopic (exact) mass is 194 g/mol. The molecule has 0 amide bonds. The molecule has 82 valence electrons. The Morgan fingerprint density at radius 1 is 0.643 bits per heavy atom. The molecule has 0 N–H and O–H groups in total. The molecule has 0 spiro atoms. The summed E-state index contributed by atoms with van der Waals surface area (Å²) in [6, 6.07) is 0. The Morgan fingerprint density at radius 3 is 1.21 bits per heavy atom. The third-order valence-corrected chi connectivity index (χ3v) is 5.12. The Bertz CT molecular complexity index is 141. The molecule has 0 saturated heterocycles. The highest BCUT2D eigenvalue weighted by molar-refractivity contribution is 4.81. The van der Waals surface area contributed by atoms with Gasteiger partial charge in [0.25, 0.3) is 0 Å². The molecule has 2 rings (SSSR count). The summed E-state index contributed by atoms with van der Waals surface area (Å²) >= 11 is 0. The van der Waals surface area contributed by atoms with E-state index < -0.39 is 0 Å². The quantitative estimate of drug-likeness (QED) is 0.614. The smallest absolute Gasteiger partial charge is 0.0386 e. The number of hydrogen-bond donors (Lipinski definition) is 0. The SMILES string of the molecule is CC(C1CCCC1)C(C)C1CCCC1. The van der Waals surface area contributed by atoms with Crippen molar-refractivity contribution in [1.29, 1.82) is 0 Å². The van der Waals surface area contributed by atoms with Gasteiger partial charge in [0.05, 0.1) is 0 Å².